The summed E-state index contributed by atoms with van der Waals surface area (Å²) in [6.07, 6.45) is 3.09. The highest BCUT2D eigenvalue weighted by molar-refractivity contribution is 5.99. The number of piperidine rings is 1. The van der Waals surface area contributed by atoms with Gasteiger partial charge in [0, 0.05) is 30.7 Å². The summed E-state index contributed by atoms with van der Waals surface area (Å²) in [6, 6.07) is 16.4. The Balaban J connectivity index is 1.53. The first-order valence-electron chi connectivity index (χ1n) is 9.03. The highest BCUT2D eigenvalue weighted by atomic mass is 16.5. The van der Waals surface area contributed by atoms with Crippen LogP contribution in [-0.4, -0.2) is 41.0 Å². The van der Waals surface area contributed by atoms with Crippen LogP contribution in [0.2, 0.25) is 0 Å². The van der Waals surface area contributed by atoms with Crippen molar-refractivity contribution >= 4 is 5.78 Å². The summed E-state index contributed by atoms with van der Waals surface area (Å²) in [5, 5.41) is 9.24. The summed E-state index contributed by atoms with van der Waals surface area (Å²) in [4.78, 5) is 19.5. The van der Waals surface area contributed by atoms with Crippen molar-refractivity contribution in [2.75, 3.05) is 13.2 Å². The first kappa shape index (κ1) is 16.9. The number of aromatic nitrogens is 1. The number of rotatable bonds is 4. The van der Waals surface area contributed by atoms with Gasteiger partial charge in [-0.1, -0.05) is 30.3 Å². The monoisotopic (exact) mass is 347 g/mol. The van der Waals surface area contributed by atoms with Gasteiger partial charge in [0.1, 0.15) is 6.07 Å². The summed E-state index contributed by atoms with van der Waals surface area (Å²) < 4.78 is 5.77. The fourth-order valence-corrected chi connectivity index (χ4v) is 4.17. The van der Waals surface area contributed by atoms with Crippen LogP contribution >= 0.6 is 0 Å². The molecular formula is C21H21N3O2. The van der Waals surface area contributed by atoms with E-state index < -0.39 is 0 Å². The lowest BCUT2D eigenvalue weighted by atomic mass is 9.80. The second-order valence-corrected chi connectivity index (χ2v) is 7.05. The van der Waals surface area contributed by atoms with Crippen LogP contribution in [0.3, 0.4) is 0 Å². The summed E-state index contributed by atoms with van der Waals surface area (Å²) in [6.45, 7) is 2.20. The zero-order valence-electron chi connectivity index (χ0n) is 14.5. The zero-order chi connectivity index (χ0) is 17.9. The molecule has 3 heterocycles. The molecule has 2 aliphatic heterocycles. The predicted octanol–water partition coefficient (Wildman–Crippen LogP) is 2.82. The van der Waals surface area contributed by atoms with Crippen molar-refractivity contribution in [1.29, 1.82) is 5.26 Å². The maximum absolute atomic E-state index is 13.0. The van der Waals surface area contributed by atoms with Gasteiger partial charge in [0.2, 0.25) is 0 Å². The molecule has 1 aromatic heterocycles. The van der Waals surface area contributed by atoms with Crippen LogP contribution in [0.25, 0.3) is 0 Å². The van der Waals surface area contributed by atoms with Crippen LogP contribution in [0.15, 0.2) is 48.7 Å². The molecule has 5 nitrogen and oxygen atoms in total. The van der Waals surface area contributed by atoms with Gasteiger partial charge in [0.25, 0.3) is 0 Å². The molecule has 4 rings (SSSR count). The number of nitrogens with zero attached hydrogens (tertiary/aromatic N) is 3. The summed E-state index contributed by atoms with van der Waals surface area (Å²) in [7, 11) is 0. The Morgan fingerprint density at radius 1 is 1.15 bits per heavy atom. The van der Waals surface area contributed by atoms with E-state index in [-0.39, 0.29) is 29.5 Å². The van der Waals surface area contributed by atoms with Crippen LogP contribution in [0.4, 0.5) is 0 Å². The van der Waals surface area contributed by atoms with Crippen molar-refractivity contribution in [3.63, 3.8) is 0 Å². The second-order valence-electron chi connectivity index (χ2n) is 7.05. The quantitative estimate of drug-likeness (QED) is 0.796. The Bertz CT molecular complexity index is 817. The van der Waals surface area contributed by atoms with Crippen LogP contribution in [0, 0.1) is 17.2 Å². The molecule has 0 spiro atoms. The number of carbonyl (C=O) groups excluding carboxylic acids is 1. The lowest BCUT2D eigenvalue weighted by molar-refractivity contribution is -0.0872. The summed E-state index contributed by atoms with van der Waals surface area (Å²) in [5.74, 6) is -0.0249. The molecule has 26 heavy (non-hydrogen) atoms. The minimum atomic E-state index is -0.0720. The highest BCUT2D eigenvalue weighted by Gasteiger charge is 2.41. The van der Waals surface area contributed by atoms with Crippen molar-refractivity contribution in [3.05, 3.63) is 65.5 Å². The topological polar surface area (TPSA) is 66.2 Å². The summed E-state index contributed by atoms with van der Waals surface area (Å²) in [5.41, 5.74) is 1.97. The number of benzene rings is 1. The van der Waals surface area contributed by atoms with Crippen molar-refractivity contribution in [2.24, 2.45) is 5.92 Å². The Hall–Kier alpha value is -2.55. The first-order chi connectivity index (χ1) is 12.8. The lowest BCUT2D eigenvalue weighted by Crippen LogP contribution is -2.57. The van der Waals surface area contributed by atoms with Gasteiger partial charge in [-0.2, -0.15) is 5.26 Å². The average Bonchev–Trinajstić information content (AvgIpc) is 2.68. The molecule has 2 bridgehead atoms. The molecule has 0 N–H and O–H groups in total. The molecule has 0 radical (unpaired) electrons. The molecule has 5 heteroatoms. The van der Waals surface area contributed by atoms with Crippen molar-refractivity contribution in [2.45, 2.75) is 31.5 Å². The van der Waals surface area contributed by atoms with Gasteiger partial charge in [-0.3, -0.25) is 9.69 Å². The molecule has 2 atom stereocenters. The first-order valence-corrected chi connectivity index (χ1v) is 9.03. The molecule has 2 unspecified atom stereocenters. The van der Waals surface area contributed by atoms with Crippen molar-refractivity contribution < 1.29 is 9.53 Å². The molecule has 0 amide bonds. The third kappa shape index (κ3) is 3.26. The van der Waals surface area contributed by atoms with E-state index in [1.54, 1.807) is 18.3 Å². The van der Waals surface area contributed by atoms with Gasteiger partial charge >= 0.3 is 0 Å². The predicted molar refractivity (Wildman–Crippen MR) is 96.4 cm³/mol. The van der Waals surface area contributed by atoms with E-state index in [1.165, 1.54) is 5.56 Å². The van der Waals surface area contributed by atoms with E-state index in [1.807, 2.05) is 12.1 Å². The number of morpholine rings is 1. The Labute approximate surface area is 153 Å². The molecule has 132 valence electrons. The molecule has 2 fully saturated rings. The van der Waals surface area contributed by atoms with E-state index in [9.17, 15) is 10.1 Å². The number of pyridine rings is 1. The molecule has 2 aliphatic rings. The van der Waals surface area contributed by atoms with E-state index >= 15 is 0 Å². The lowest BCUT2D eigenvalue weighted by Gasteiger charge is -2.48. The van der Waals surface area contributed by atoms with Crippen molar-refractivity contribution in [3.8, 4) is 6.07 Å². The van der Waals surface area contributed by atoms with Gasteiger partial charge in [-0.25, -0.2) is 4.98 Å². The van der Waals surface area contributed by atoms with Gasteiger partial charge in [0.05, 0.1) is 18.8 Å². The highest BCUT2D eigenvalue weighted by Crippen LogP contribution is 2.34. The Morgan fingerprint density at radius 3 is 2.58 bits per heavy atom. The third-order valence-corrected chi connectivity index (χ3v) is 5.43. The van der Waals surface area contributed by atoms with E-state index in [0.29, 0.717) is 18.8 Å². The number of fused-ring (bicyclic) bond motifs is 2. The minimum Gasteiger partial charge on any atom is -0.378 e. The second kappa shape index (κ2) is 7.36. The smallest absolute Gasteiger partial charge is 0.168 e. The zero-order valence-corrected chi connectivity index (χ0v) is 14.5. The fraction of sp³-hybridized carbons (Fsp3) is 0.381. The number of Topliss-reactive ketones (excluding diaryl/α,β-unsaturated/α-hetero) is 1. The SMILES string of the molecule is N#Cc1ncccc1C(=O)C1CC2COCC(C1)N2Cc1ccccc1. The molecule has 1 aromatic carbocycles. The number of carbonyl (C=O) groups is 1. The summed E-state index contributed by atoms with van der Waals surface area (Å²) >= 11 is 0. The number of nitriles is 1. The number of ether oxygens (including phenoxy) is 1. The van der Waals surface area contributed by atoms with Crippen LogP contribution in [0.5, 0.6) is 0 Å². The maximum Gasteiger partial charge on any atom is 0.168 e. The van der Waals surface area contributed by atoms with Crippen LogP contribution < -0.4 is 0 Å². The standard InChI is InChI=1S/C21H21N3O2/c22-11-20-19(7-4-8-23-20)21(25)16-9-17-13-26-14-18(10-16)24(17)12-15-5-2-1-3-6-15/h1-8,16-18H,9-10,12-14H2. The van der Waals surface area contributed by atoms with E-state index in [0.717, 1.165) is 19.4 Å². The largest absolute Gasteiger partial charge is 0.378 e. The van der Waals surface area contributed by atoms with Gasteiger partial charge in [-0.05, 0) is 30.5 Å². The molecule has 0 saturated carbocycles. The number of hydrogen-bond donors (Lipinski definition) is 0. The molecule has 2 saturated heterocycles. The third-order valence-electron chi connectivity index (χ3n) is 5.43. The Kier molecular flexibility index (Phi) is 4.79. The van der Waals surface area contributed by atoms with Gasteiger partial charge in [0.15, 0.2) is 11.5 Å². The molecule has 2 aromatic rings. The average molecular weight is 347 g/mol. The van der Waals surface area contributed by atoms with E-state index in [4.69, 9.17) is 4.74 Å². The molecular weight excluding hydrogens is 326 g/mol. The van der Waals surface area contributed by atoms with Gasteiger partial charge < -0.3 is 4.74 Å². The number of ketones is 1. The molecule has 0 aliphatic carbocycles. The maximum atomic E-state index is 13.0. The van der Waals surface area contributed by atoms with Crippen molar-refractivity contribution in [1.82, 2.24) is 9.88 Å². The normalized spacial score (nSPS) is 25.4. The van der Waals surface area contributed by atoms with Crippen LogP contribution in [-0.2, 0) is 11.3 Å². The van der Waals surface area contributed by atoms with Gasteiger partial charge in [-0.15, -0.1) is 0 Å². The van der Waals surface area contributed by atoms with Crippen LogP contribution in [0.1, 0.15) is 34.5 Å². The minimum absolute atomic E-state index is 0.0471. The van der Waals surface area contributed by atoms with E-state index in [2.05, 4.69) is 34.1 Å². The Morgan fingerprint density at radius 2 is 1.88 bits per heavy atom. The fourth-order valence-electron chi connectivity index (χ4n) is 4.17. The number of hydrogen-bond acceptors (Lipinski definition) is 5.